The van der Waals surface area contributed by atoms with E-state index >= 15 is 0 Å². The van der Waals surface area contributed by atoms with Crippen molar-refractivity contribution in [1.29, 1.82) is 0 Å². The van der Waals surface area contributed by atoms with Crippen LogP contribution in [0.2, 0.25) is 0 Å². The molecule has 2 aromatic rings. The second-order valence-corrected chi connectivity index (χ2v) is 5.23. The summed E-state index contributed by atoms with van der Waals surface area (Å²) in [6.45, 7) is 0. The Kier molecular flexibility index (Phi) is 4.68. The molecule has 0 fully saturated rings. The monoisotopic (exact) mass is 326 g/mol. The van der Waals surface area contributed by atoms with E-state index in [2.05, 4.69) is 26.3 Å². The summed E-state index contributed by atoms with van der Waals surface area (Å²) >= 11 is 3.42. The van der Waals surface area contributed by atoms with Gasteiger partial charge in [-0.2, -0.15) is 0 Å². The number of hydrazine groups is 1. The Balaban J connectivity index is 2.12. The lowest BCUT2D eigenvalue weighted by Gasteiger charge is -2.17. The summed E-state index contributed by atoms with van der Waals surface area (Å²) in [6.07, 6.45) is 5.17. The molecule has 0 aliphatic rings. The number of imidazole rings is 1. The molecule has 6 heteroatoms. The summed E-state index contributed by atoms with van der Waals surface area (Å²) < 4.78 is 16.1. The lowest BCUT2D eigenvalue weighted by atomic mass is 10.0. The molecule has 1 aromatic heterocycles. The maximum absolute atomic E-state index is 13.3. The summed E-state index contributed by atoms with van der Waals surface area (Å²) in [4.78, 5) is 4.26. The van der Waals surface area contributed by atoms with Crippen molar-refractivity contribution in [3.63, 3.8) is 0 Å². The maximum atomic E-state index is 13.3. The third-order valence-electron chi connectivity index (χ3n) is 3.11. The Bertz CT molecular complexity index is 555. The number of nitrogens with one attached hydrogen (secondary N) is 1. The van der Waals surface area contributed by atoms with E-state index in [-0.39, 0.29) is 11.9 Å². The highest BCUT2D eigenvalue weighted by Gasteiger charge is 2.15. The lowest BCUT2D eigenvalue weighted by Crippen LogP contribution is -2.29. The van der Waals surface area contributed by atoms with E-state index in [1.54, 1.807) is 12.3 Å². The van der Waals surface area contributed by atoms with E-state index in [1.165, 1.54) is 12.1 Å². The van der Waals surface area contributed by atoms with Crippen molar-refractivity contribution in [3.8, 4) is 0 Å². The SMILES string of the molecule is Cn1ccnc1CCC(NN)c1cc(F)ccc1Br. The van der Waals surface area contributed by atoms with Gasteiger partial charge in [-0.1, -0.05) is 15.9 Å². The molecule has 1 atom stereocenters. The number of aromatic nitrogens is 2. The van der Waals surface area contributed by atoms with Gasteiger partial charge in [-0.05, 0) is 30.2 Å². The molecule has 2 rings (SSSR count). The van der Waals surface area contributed by atoms with E-state index < -0.39 is 0 Å². The second-order valence-electron chi connectivity index (χ2n) is 4.38. The van der Waals surface area contributed by atoms with Crippen LogP contribution in [0.5, 0.6) is 0 Å². The third kappa shape index (κ3) is 3.40. The van der Waals surface area contributed by atoms with Crippen LogP contribution in [0.15, 0.2) is 35.1 Å². The maximum Gasteiger partial charge on any atom is 0.123 e. The largest absolute Gasteiger partial charge is 0.338 e. The summed E-state index contributed by atoms with van der Waals surface area (Å²) in [5, 5.41) is 0. The highest BCUT2D eigenvalue weighted by molar-refractivity contribution is 9.10. The molecule has 19 heavy (non-hydrogen) atoms. The number of nitrogens with zero attached hydrogens (tertiary/aromatic N) is 2. The molecule has 0 bridgehead atoms. The standard InChI is InChI=1S/C13H16BrFN4/c1-19-7-6-17-13(19)5-4-12(18-16)10-8-9(15)2-3-11(10)14/h2-3,6-8,12,18H,4-5,16H2,1H3. The van der Waals surface area contributed by atoms with Gasteiger partial charge in [-0.15, -0.1) is 0 Å². The highest BCUT2D eigenvalue weighted by atomic mass is 79.9. The lowest BCUT2D eigenvalue weighted by molar-refractivity contribution is 0.501. The molecule has 1 heterocycles. The first-order valence-corrected chi connectivity index (χ1v) is 6.78. The average molecular weight is 327 g/mol. The van der Waals surface area contributed by atoms with Crippen LogP contribution >= 0.6 is 15.9 Å². The minimum absolute atomic E-state index is 0.123. The molecule has 0 saturated heterocycles. The number of benzene rings is 1. The fourth-order valence-electron chi connectivity index (χ4n) is 2.02. The summed E-state index contributed by atoms with van der Waals surface area (Å²) in [6, 6.07) is 4.48. The molecule has 0 amide bonds. The number of hydrogen-bond donors (Lipinski definition) is 2. The van der Waals surface area contributed by atoms with Crippen molar-refractivity contribution >= 4 is 15.9 Å². The zero-order valence-corrected chi connectivity index (χ0v) is 12.2. The zero-order valence-electron chi connectivity index (χ0n) is 10.6. The van der Waals surface area contributed by atoms with E-state index in [0.29, 0.717) is 0 Å². The molecule has 1 unspecified atom stereocenters. The first-order valence-electron chi connectivity index (χ1n) is 5.99. The van der Waals surface area contributed by atoms with Crippen molar-refractivity contribution in [3.05, 3.63) is 52.3 Å². The Hall–Kier alpha value is -1.24. The number of rotatable bonds is 5. The summed E-state index contributed by atoms with van der Waals surface area (Å²) in [5.41, 5.74) is 3.55. The minimum Gasteiger partial charge on any atom is -0.338 e. The van der Waals surface area contributed by atoms with Gasteiger partial charge in [0.15, 0.2) is 0 Å². The highest BCUT2D eigenvalue weighted by Crippen LogP contribution is 2.26. The number of nitrogens with two attached hydrogens (primary N) is 1. The molecule has 3 N–H and O–H groups in total. The van der Waals surface area contributed by atoms with E-state index in [1.807, 2.05) is 17.8 Å². The summed E-state index contributed by atoms with van der Waals surface area (Å²) in [7, 11) is 1.95. The average Bonchev–Trinajstić information content (AvgIpc) is 2.80. The van der Waals surface area contributed by atoms with Crippen LogP contribution in [-0.2, 0) is 13.5 Å². The van der Waals surface area contributed by atoms with E-state index in [0.717, 1.165) is 28.7 Å². The van der Waals surface area contributed by atoms with Gasteiger partial charge >= 0.3 is 0 Å². The first kappa shape index (κ1) is 14.2. The Labute approximate surface area is 119 Å². The quantitative estimate of drug-likeness (QED) is 0.655. The smallest absolute Gasteiger partial charge is 0.123 e. The van der Waals surface area contributed by atoms with Crippen LogP contribution in [0.1, 0.15) is 23.9 Å². The fraction of sp³-hybridized carbons (Fsp3) is 0.308. The molecule has 102 valence electrons. The van der Waals surface area contributed by atoms with Crippen LogP contribution < -0.4 is 11.3 Å². The Morgan fingerprint density at radius 1 is 1.53 bits per heavy atom. The molecule has 1 aromatic carbocycles. The van der Waals surface area contributed by atoms with Crippen molar-refractivity contribution in [1.82, 2.24) is 15.0 Å². The van der Waals surface area contributed by atoms with Gasteiger partial charge in [0.1, 0.15) is 11.6 Å². The van der Waals surface area contributed by atoms with Crippen LogP contribution in [-0.4, -0.2) is 9.55 Å². The molecule has 4 nitrogen and oxygen atoms in total. The predicted octanol–water partition coefficient (Wildman–Crippen LogP) is 2.46. The van der Waals surface area contributed by atoms with Crippen LogP contribution in [0.3, 0.4) is 0 Å². The van der Waals surface area contributed by atoms with Crippen LogP contribution in [0.4, 0.5) is 4.39 Å². The van der Waals surface area contributed by atoms with Crippen molar-refractivity contribution in [2.24, 2.45) is 12.9 Å². The van der Waals surface area contributed by atoms with Crippen molar-refractivity contribution < 1.29 is 4.39 Å². The van der Waals surface area contributed by atoms with Crippen LogP contribution in [0.25, 0.3) is 0 Å². The van der Waals surface area contributed by atoms with Crippen LogP contribution in [0, 0.1) is 5.82 Å². The van der Waals surface area contributed by atoms with E-state index in [9.17, 15) is 4.39 Å². The molecule has 0 saturated carbocycles. The topological polar surface area (TPSA) is 55.9 Å². The molecular formula is C13H16BrFN4. The van der Waals surface area contributed by atoms with Gasteiger partial charge in [0.05, 0.1) is 0 Å². The number of hydrogen-bond acceptors (Lipinski definition) is 3. The van der Waals surface area contributed by atoms with Gasteiger partial charge < -0.3 is 4.57 Å². The molecule has 0 aliphatic heterocycles. The normalized spacial score (nSPS) is 12.6. The van der Waals surface area contributed by atoms with Gasteiger partial charge in [-0.25, -0.2) is 9.37 Å². The number of halogens is 2. The number of aryl methyl sites for hydroxylation is 2. The molecule has 0 spiro atoms. The molecular weight excluding hydrogens is 311 g/mol. The van der Waals surface area contributed by atoms with Crippen molar-refractivity contribution in [2.45, 2.75) is 18.9 Å². The van der Waals surface area contributed by atoms with E-state index in [4.69, 9.17) is 5.84 Å². The fourth-order valence-corrected chi connectivity index (χ4v) is 2.54. The van der Waals surface area contributed by atoms with Crippen molar-refractivity contribution in [2.75, 3.05) is 0 Å². The van der Waals surface area contributed by atoms with Gasteiger partial charge in [0.2, 0.25) is 0 Å². The van der Waals surface area contributed by atoms with Gasteiger partial charge in [0.25, 0.3) is 0 Å². The Morgan fingerprint density at radius 3 is 2.95 bits per heavy atom. The third-order valence-corrected chi connectivity index (χ3v) is 3.83. The predicted molar refractivity (Wildman–Crippen MR) is 75.7 cm³/mol. The Morgan fingerprint density at radius 2 is 2.32 bits per heavy atom. The molecule has 0 radical (unpaired) electrons. The zero-order chi connectivity index (χ0) is 13.8. The van der Waals surface area contributed by atoms with Gasteiger partial charge in [-0.3, -0.25) is 11.3 Å². The summed E-state index contributed by atoms with van der Waals surface area (Å²) in [5.74, 6) is 6.29. The molecule has 0 aliphatic carbocycles. The van der Waals surface area contributed by atoms with Gasteiger partial charge in [0, 0.05) is 36.4 Å². The first-order chi connectivity index (χ1) is 9.11. The minimum atomic E-state index is -0.268. The second kappa shape index (κ2) is 6.27.